The highest BCUT2D eigenvalue weighted by Gasteiger charge is 2.07. The first kappa shape index (κ1) is 9.05. The lowest BCUT2D eigenvalue weighted by Crippen LogP contribution is -1.85. The molecule has 0 aliphatic heterocycles. The Balaban J connectivity index is 2.66. The minimum Gasteiger partial charge on any atom is -0.103 e. The molecule has 0 atom stereocenters. The van der Waals surface area contributed by atoms with Gasteiger partial charge in [-0.1, -0.05) is 36.0 Å². The van der Waals surface area contributed by atoms with Gasteiger partial charge in [-0.3, -0.25) is 0 Å². The first-order chi connectivity index (χ1) is 5.74. The Bertz CT molecular complexity index is 251. The highest BCUT2D eigenvalue weighted by molar-refractivity contribution is 5.37. The lowest BCUT2D eigenvalue weighted by Gasteiger charge is -2.04. The third kappa shape index (κ3) is 2.23. The van der Waals surface area contributed by atoms with Gasteiger partial charge < -0.3 is 0 Å². The van der Waals surface area contributed by atoms with Crippen LogP contribution in [0.5, 0.6) is 0 Å². The Labute approximate surface area is 75.0 Å². The van der Waals surface area contributed by atoms with Gasteiger partial charge in [0.05, 0.1) is 0 Å². The summed E-state index contributed by atoms with van der Waals surface area (Å²) in [5.74, 6) is 0. The lowest BCUT2D eigenvalue weighted by atomic mass is 10.0. The van der Waals surface area contributed by atoms with Crippen LogP contribution in [0.15, 0.2) is 48.1 Å². The van der Waals surface area contributed by atoms with Crippen LogP contribution in [0.4, 0.5) is 0 Å². The minimum absolute atomic E-state index is 0.999. The summed E-state index contributed by atoms with van der Waals surface area (Å²) in [5, 5.41) is 0. The molecule has 1 aliphatic carbocycles. The van der Waals surface area contributed by atoms with E-state index in [1.54, 1.807) is 0 Å². The van der Waals surface area contributed by atoms with Crippen molar-refractivity contribution in [1.29, 1.82) is 0 Å². The quantitative estimate of drug-likeness (QED) is 0.549. The van der Waals surface area contributed by atoms with E-state index in [1.165, 1.54) is 16.7 Å². The van der Waals surface area contributed by atoms with Gasteiger partial charge in [0.1, 0.15) is 0 Å². The predicted octanol–water partition coefficient (Wildman–Crippen LogP) is 3.79. The van der Waals surface area contributed by atoms with Crippen molar-refractivity contribution in [3.63, 3.8) is 0 Å². The van der Waals surface area contributed by atoms with Crippen molar-refractivity contribution >= 4 is 0 Å². The molecule has 0 fully saturated rings. The van der Waals surface area contributed by atoms with Crippen LogP contribution in [0.3, 0.4) is 0 Å². The molecular formula is C12H16. The van der Waals surface area contributed by atoms with Crippen LogP contribution in [-0.2, 0) is 0 Å². The Hall–Kier alpha value is -1.04. The van der Waals surface area contributed by atoms with E-state index >= 15 is 0 Å². The van der Waals surface area contributed by atoms with Crippen molar-refractivity contribution in [3.8, 4) is 0 Å². The molecule has 0 nitrogen and oxygen atoms in total. The van der Waals surface area contributed by atoms with E-state index in [9.17, 15) is 0 Å². The van der Waals surface area contributed by atoms with Crippen LogP contribution < -0.4 is 0 Å². The zero-order valence-corrected chi connectivity index (χ0v) is 7.77. The molecule has 0 radical (unpaired) electrons. The molecule has 0 amide bonds. The molecule has 0 spiro atoms. The van der Waals surface area contributed by atoms with Crippen molar-refractivity contribution in [1.82, 2.24) is 0 Å². The lowest BCUT2D eigenvalue weighted by molar-refractivity contribution is 1.03. The Morgan fingerprint density at radius 1 is 1.67 bits per heavy atom. The molecule has 0 unspecified atom stereocenters. The molecule has 1 rings (SSSR count). The molecule has 0 saturated heterocycles. The fraction of sp³-hybridized carbons (Fsp3) is 0.333. The monoisotopic (exact) mass is 160 g/mol. The summed E-state index contributed by atoms with van der Waals surface area (Å²) < 4.78 is 0. The third-order valence-electron chi connectivity index (χ3n) is 2.02. The molecule has 0 saturated carbocycles. The molecule has 12 heavy (non-hydrogen) atoms. The Kier molecular flexibility index (Phi) is 3.09. The third-order valence-corrected chi connectivity index (χ3v) is 2.02. The fourth-order valence-electron chi connectivity index (χ4n) is 1.51. The number of allylic oxidation sites excluding steroid dienone is 6. The van der Waals surface area contributed by atoms with Crippen LogP contribution in [0, 0.1) is 0 Å². The summed E-state index contributed by atoms with van der Waals surface area (Å²) in [6, 6.07) is 0. The molecule has 0 aromatic rings. The van der Waals surface area contributed by atoms with E-state index in [4.69, 9.17) is 0 Å². The maximum absolute atomic E-state index is 3.93. The largest absolute Gasteiger partial charge is 0.103 e. The molecule has 0 heterocycles. The molecule has 0 aromatic heterocycles. The molecular weight excluding hydrogens is 144 g/mol. The summed E-state index contributed by atoms with van der Waals surface area (Å²) in [6.07, 6.45) is 9.55. The van der Waals surface area contributed by atoms with Crippen LogP contribution in [-0.4, -0.2) is 0 Å². The van der Waals surface area contributed by atoms with Gasteiger partial charge in [0, 0.05) is 0 Å². The van der Waals surface area contributed by atoms with E-state index < -0.39 is 0 Å². The van der Waals surface area contributed by atoms with E-state index in [0.717, 1.165) is 19.3 Å². The highest BCUT2D eigenvalue weighted by Crippen LogP contribution is 2.26. The molecule has 64 valence electrons. The fourth-order valence-corrected chi connectivity index (χ4v) is 1.51. The first-order valence-electron chi connectivity index (χ1n) is 4.36. The van der Waals surface area contributed by atoms with E-state index in [0.29, 0.717) is 0 Å². The smallest absolute Gasteiger partial charge is 0.0100 e. The molecule has 0 aromatic carbocycles. The van der Waals surface area contributed by atoms with Gasteiger partial charge in [0.25, 0.3) is 0 Å². The Morgan fingerprint density at radius 2 is 2.42 bits per heavy atom. The second-order valence-corrected chi connectivity index (χ2v) is 3.36. The summed E-state index contributed by atoms with van der Waals surface area (Å²) in [5.41, 5.74) is 4.20. The van der Waals surface area contributed by atoms with Crippen LogP contribution >= 0.6 is 0 Å². The van der Waals surface area contributed by atoms with E-state index in [2.05, 4.69) is 32.2 Å². The van der Waals surface area contributed by atoms with Gasteiger partial charge >= 0.3 is 0 Å². The maximum atomic E-state index is 3.93. The van der Waals surface area contributed by atoms with Crippen molar-refractivity contribution in [2.75, 3.05) is 0 Å². The van der Waals surface area contributed by atoms with Gasteiger partial charge in [-0.25, -0.2) is 0 Å². The van der Waals surface area contributed by atoms with Crippen LogP contribution in [0.2, 0.25) is 0 Å². The Morgan fingerprint density at radius 3 is 3.00 bits per heavy atom. The topological polar surface area (TPSA) is 0 Å². The second kappa shape index (κ2) is 4.10. The highest BCUT2D eigenvalue weighted by atomic mass is 14.1. The van der Waals surface area contributed by atoms with Gasteiger partial charge in [-0.2, -0.15) is 0 Å². The summed E-state index contributed by atoms with van der Waals surface area (Å²) in [6.45, 7) is 9.75. The standard InChI is InChI=1S/C12H16/c1-4-6-11-7-5-8-12(11)9-10(2)3/h4-5,7H,1-2,6,8-9H2,3H3. The van der Waals surface area contributed by atoms with E-state index in [1.807, 2.05) is 6.08 Å². The maximum Gasteiger partial charge on any atom is -0.0100 e. The van der Waals surface area contributed by atoms with E-state index in [-0.39, 0.29) is 0 Å². The summed E-state index contributed by atoms with van der Waals surface area (Å²) in [4.78, 5) is 0. The summed E-state index contributed by atoms with van der Waals surface area (Å²) in [7, 11) is 0. The minimum atomic E-state index is 0.999. The molecule has 0 N–H and O–H groups in total. The normalized spacial score (nSPS) is 15.4. The first-order valence-corrected chi connectivity index (χ1v) is 4.36. The van der Waals surface area contributed by atoms with Gasteiger partial charge in [0.2, 0.25) is 0 Å². The second-order valence-electron chi connectivity index (χ2n) is 3.36. The zero-order valence-electron chi connectivity index (χ0n) is 7.77. The predicted molar refractivity (Wildman–Crippen MR) is 55.0 cm³/mol. The number of hydrogen-bond acceptors (Lipinski definition) is 0. The van der Waals surface area contributed by atoms with Crippen molar-refractivity contribution in [2.45, 2.75) is 26.2 Å². The molecule has 0 heteroatoms. The average Bonchev–Trinajstić information content (AvgIpc) is 2.37. The van der Waals surface area contributed by atoms with Gasteiger partial charge in [-0.05, 0) is 31.8 Å². The molecule has 0 bridgehead atoms. The zero-order chi connectivity index (χ0) is 8.97. The number of hydrogen-bond donors (Lipinski definition) is 0. The number of rotatable bonds is 4. The summed E-state index contributed by atoms with van der Waals surface area (Å²) >= 11 is 0. The van der Waals surface area contributed by atoms with Crippen molar-refractivity contribution < 1.29 is 0 Å². The average molecular weight is 160 g/mol. The van der Waals surface area contributed by atoms with Gasteiger partial charge in [0.15, 0.2) is 0 Å². The van der Waals surface area contributed by atoms with Crippen molar-refractivity contribution in [2.24, 2.45) is 0 Å². The molecule has 1 aliphatic rings. The van der Waals surface area contributed by atoms with Crippen LogP contribution in [0.25, 0.3) is 0 Å². The van der Waals surface area contributed by atoms with Crippen LogP contribution in [0.1, 0.15) is 26.2 Å². The SMILES string of the molecule is C=CCC1=C(CC(=C)C)CC=C1. The van der Waals surface area contributed by atoms with Gasteiger partial charge in [-0.15, -0.1) is 6.58 Å². The van der Waals surface area contributed by atoms with Crippen molar-refractivity contribution in [3.05, 3.63) is 48.1 Å².